The summed E-state index contributed by atoms with van der Waals surface area (Å²) in [5.74, 6) is 0.654. The summed E-state index contributed by atoms with van der Waals surface area (Å²) in [6, 6.07) is 14.3. The molecule has 0 bridgehead atoms. The number of rotatable bonds is 12. The van der Waals surface area contributed by atoms with Gasteiger partial charge in [-0.05, 0) is 105 Å². The van der Waals surface area contributed by atoms with E-state index in [0.717, 1.165) is 24.3 Å². The minimum Gasteiger partial charge on any atom is -0.324 e. The van der Waals surface area contributed by atoms with Gasteiger partial charge in [-0.3, -0.25) is 18.2 Å². The van der Waals surface area contributed by atoms with Crippen molar-refractivity contribution in [3.63, 3.8) is 0 Å². The van der Waals surface area contributed by atoms with Gasteiger partial charge in [-0.25, -0.2) is 0 Å². The average Bonchev–Trinajstić information content (AvgIpc) is 3.05. The smallest absolute Gasteiger partial charge is 0.294 e. The number of anilines is 4. The SMILES string of the molecule is Cc1nc(Nc2ccc(N=Nc3cc(S(=O)(=O)O)cc(S(=O)(=O)O)c3)c(C)c2)nc(Nc2ccc(N=Nc3cc(S(=O)(=O)O)cc(S(=O)(=O)O)c3)c(C)c2)n1. The molecule has 0 fully saturated rings. The van der Waals surface area contributed by atoms with Crippen LogP contribution in [-0.2, 0) is 40.5 Å². The summed E-state index contributed by atoms with van der Waals surface area (Å²) < 4.78 is 130. The minimum absolute atomic E-state index is 0.155. The van der Waals surface area contributed by atoms with Crippen LogP contribution in [0.15, 0.2) is 113 Å². The van der Waals surface area contributed by atoms with E-state index in [9.17, 15) is 51.9 Å². The molecule has 0 aliphatic heterocycles. The van der Waals surface area contributed by atoms with Crippen LogP contribution in [0, 0.1) is 20.8 Å². The van der Waals surface area contributed by atoms with Gasteiger partial charge in [0, 0.05) is 11.4 Å². The molecule has 0 aliphatic carbocycles. The first-order chi connectivity index (χ1) is 25.4. The Morgan fingerprint density at radius 2 is 0.782 bits per heavy atom. The quantitative estimate of drug-likeness (QED) is 0.0610. The number of aryl methyl sites for hydroxylation is 3. The van der Waals surface area contributed by atoms with Crippen molar-refractivity contribution in [3.05, 3.63) is 89.7 Å². The Morgan fingerprint density at radius 1 is 0.455 bits per heavy atom. The fourth-order valence-electron chi connectivity index (χ4n) is 4.59. The predicted octanol–water partition coefficient (Wildman–Crippen LogP) is 6.10. The highest BCUT2D eigenvalue weighted by Crippen LogP contribution is 2.31. The van der Waals surface area contributed by atoms with Gasteiger partial charge in [0.05, 0.1) is 42.3 Å². The fraction of sp³-hybridized carbons (Fsp3) is 0.100. The van der Waals surface area contributed by atoms with E-state index >= 15 is 0 Å². The second-order valence-electron chi connectivity index (χ2n) is 11.4. The first-order valence-electron chi connectivity index (χ1n) is 15.0. The lowest BCUT2D eigenvalue weighted by Crippen LogP contribution is -2.05. The van der Waals surface area contributed by atoms with Gasteiger partial charge in [-0.1, -0.05) is 0 Å². The van der Waals surface area contributed by atoms with Crippen LogP contribution in [0.4, 0.5) is 46.0 Å². The van der Waals surface area contributed by atoms with Gasteiger partial charge >= 0.3 is 0 Å². The van der Waals surface area contributed by atoms with Crippen molar-refractivity contribution < 1.29 is 51.9 Å². The molecule has 55 heavy (non-hydrogen) atoms. The van der Waals surface area contributed by atoms with Crippen molar-refractivity contribution in [3.8, 4) is 0 Å². The summed E-state index contributed by atoms with van der Waals surface area (Å²) in [5.41, 5.74) is 2.22. The summed E-state index contributed by atoms with van der Waals surface area (Å²) >= 11 is 0. The molecule has 0 amide bonds. The molecule has 0 atom stereocenters. The molecule has 21 nitrogen and oxygen atoms in total. The maximum atomic E-state index is 11.6. The Morgan fingerprint density at radius 3 is 1.07 bits per heavy atom. The van der Waals surface area contributed by atoms with Crippen molar-refractivity contribution >= 4 is 86.5 Å². The maximum absolute atomic E-state index is 11.6. The molecule has 0 aliphatic rings. The predicted molar refractivity (Wildman–Crippen MR) is 194 cm³/mol. The van der Waals surface area contributed by atoms with Gasteiger partial charge in [0.15, 0.2) is 0 Å². The normalized spacial score (nSPS) is 12.7. The van der Waals surface area contributed by atoms with Gasteiger partial charge in [0.25, 0.3) is 40.5 Å². The number of azo groups is 2. The van der Waals surface area contributed by atoms with Gasteiger partial charge in [0.1, 0.15) is 5.82 Å². The van der Waals surface area contributed by atoms with E-state index in [1.165, 1.54) is 0 Å². The molecule has 1 heterocycles. The third-order valence-electron chi connectivity index (χ3n) is 7.12. The van der Waals surface area contributed by atoms with Crippen molar-refractivity contribution in [2.24, 2.45) is 20.5 Å². The molecule has 6 N–H and O–H groups in total. The summed E-state index contributed by atoms with van der Waals surface area (Å²) in [7, 11) is -19.3. The average molecular weight is 834 g/mol. The second-order valence-corrected chi connectivity index (χ2v) is 17.1. The van der Waals surface area contributed by atoms with Crippen LogP contribution in [0.3, 0.4) is 0 Å². The highest BCUT2D eigenvalue weighted by atomic mass is 32.2. The monoisotopic (exact) mass is 833 g/mol. The van der Waals surface area contributed by atoms with Crippen LogP contribution >= 0.6 is 0 Å². The lowest BCUT2D eigenvalue weighted by atomic mass is 10.2. The standard InChI is InChI=1S/C30H27N9O12S4/c1-16-8-19(4-6-27(16)38-36-21-10-23(52(40,41)42)14-24(11-21)53(43,44)45)33-29-31-18(3)32-30(35-29)34-20-5-7-28(17(2)9-20)39-37-22-12-25(54(46,47)48)15-26(13-22)55(49,50)51/h4-15H,1-3H3,(H,40,41,42)(H,43,44,45)(H,46,47,48)(H,49,50,51)(H2,31,32,33,34,35). The Labute approximate surface area is 313 Å². The van der Waals surface area contributed by atoms with Crippen LogP contribution in [-0.4, -0.2) is 66.8 Å². The number of hydrogen-bond acceptors (Lipinski definition) is 17. The van der Waals surface area contributed by atoms with E-state index in [0.29, 0.717) is 51.8 Å². The zero-order chi connectivity index (χ0) is 40.5. The molecule has 4 aromatic carbocycles. The highest BCUT2D eigenvalue weighted by molar-refractivity contribution is 7.87. The second kappa shape index (κ2) is 15.2. The third kappa shape index (κ3) is 10.7. The van der Waals surface area contributed by atoms with Crippen LogP contribution < -0.4 is 10.6 Å². The minimum atomic E-state index is -4.84. The Balaban J connectivity index is 1.32. The van der Waals surface area contributed by atoms with Crippen molar-refractivity contribution in [2.45, 2.75) is 40.4 Å². The third-order valence-corrected chi connectivity index (χ3v) is 10.4. The van der Waals surface area contributed by atoms with Gasteiger partial charge in [-0.2, -0.15) is 69.1 Å². The zero-order valence-electron chi connectivity index (χ0n) is 28.2. The molecule has 0 spiro atoms. The summed E-state index contributed by atoms with van der Waals surface area (Å²) in [6.07, 6.45) is 0. The Kier molecular flexibility index (Phi) is 11.2. The summed E-state index contributed by atoms with van der Waals surface area (Å²) in [6.45, 7) is 5.00. The number of aromatic nitrogens is 3. The lowest BCUT2D eigenvalue weighted by molar-refractivity contribution is 0.476. The molecule has 0 radical (unpaired) electrons. The van der Waals surface area contributed by atoms with E-state index in [1.807, 2.05) is 0 Å². The fourth-order valence-corrected chi connectivity index (χ4v) is 6.92. The highest BCUT2D eigenvalue weighted by Gasteiger charge is 2.20. The molecular weight excluding hydrogens is 807 g/mol. The van der Waals surface area contributed by atoms with E-state index in [-0.39, 0.29) is 23.3 Å². The number of benzene rings is 4. The number of nitrogens with one attached hydrogen (secondary N) is 2. The lowest BCUT2D eigenvalue weighted by Gasteiger charge is -2.11. The van der Waals surface area contributed by atoms with Crippen LogP contribution in [0.2, 0.25) is 0 Å². The zero-order valence-corrected chi connectivity index (χ0v) is 31.5. The van der Waals surface area contributed by atoms with E-state index in [1.54, 1.807) is 57.2 Å². The molecule has 1 aromatic heterocycles. The topological polar surface area (TPSA) is 330 Å². The van der Waals surface area contributed by atoms with Crippen molar-refractivity contribution in [1.29, 1.82) is 0 Å². The molecule has 288 valence electrons. The largest absolute Gasteiger partial charge is 0.324 e. The van der Waals surface area contributed by atoms with Crippen LogP contribution in [0.1, 0.15) is 17.0 Å². The Bertz CT molecular complexity index is 2580. The van der Waals surface area contributed by atoms with Crippen LogP contribution in [0.25, 0.3) is 0 Å². The van der Waals surface area contributed by atoms with Gasteiger partial charge in [0.2, 0.25) is 11.9 Å². The van der Waals surface area contributed by atoms with Crippen LogP contribution in [0.5, 0.6) is 0 Å². The molecule has 0 saturated heterocycles. The molecule has 25 heteroatoms. The van der Waals surface area contributed by atoms with Gasteiger partial charge < -0.3 is 10.6 Å². The molecule has 0 saturated carbocycles. The molecule has 5 rings (SSSR count). The summed E-state index contributed by atoms with van der Waals surface area (Å²) in [5, 5.41) is 21.9. The van der Waals surface area contributed by atoms with Crippen molar-refractivity contribution in [1.82, 2.24) is 15.0 Å². The van der Waals surface area contributed by atoms with E-state index in [4.69, 9.17) is 0 Å². The first-order valence-corrected chi connectivity index (χ1v) is 20.7. The van der Waals surface area contributed by atoms with Gasteiger partial charge in [-0.15, -0.1) is 0 Å². The maximum Gasteiger partial charge on any atom is 0.294 e. The summed E-state index contributed by atoms with van der Waals surface area (Å²) in [4.78, 5) is 9.73. The number of hydrogen-bond donors (Lipinski definition) is 6. The Hall–Kier alpha value is -5.67. The first kappa shape index (κ1) is 40.5. The van der Waals surface area contributed by atoms with E-state index < -0.39 is 60.1 Å². The van der Waals surface area contributed by atoms with E-state index in [2.05, 4.69) is 46.0 Å². The van der Waals surface area contributed by atoms with Crippen molar-refractivity contribution in [2.75, 3.05) is 10.6 Å². The molecule has 0 unspecified atom stereocenters. The molecule has 5 aromatic rings. The number of nitrogens with zero attached hydrogens (tertiary/aromatic N) is 7. The molecular formula is C30H27N9O12S4.